The highest BCUT2D eigenvalue weighted by Gasteiger charge is 2.12. The second kappa shape index (κ2) is 4.84. The molecule has 0 fully saturated rings. The molecule has 0 heterocycles. The van der Waals surface area contributed by atoms with Crippen LogP contribution in [0.5, 0.6) is 0 Å². The fraction of sp³-hybridized carbons (Fsp3) is 0.300. The zero-order valence-electron chi connectivity index (χ0n) is 8.00. The molecule has 1 rings (SSSR count). The number of carboxylic acid groups (broad SMARTS) is 1. The fourth-order valence-corrected chi connectivity index (χ4v) is 1.25. The molecule has 0 saturated carbocycles. The molecule has 0 unspecified atom stereocenters. The SMILES string of the molecule is [NH3+]C[C@@H](Cc1ccc(F)c(F)c1)C(=O)[O-]. The van der Waals surface area contributed by atoms with Crippen LogP contribution in [0.3, 0.4) is 0 Å². The zero-order chi connectivity index (χ0) is 11.4. The summed E-state index contributed by atoms with van der Waals surface area (Å²) in [6.07, 6.45) is 0.100. The molecule has 1 atom stereocenters. The van der Waals surface area contributed by atoms with E-state index in [1.807, 2.05) is 0 Å². The van der Waals surface area contributed by atoms with Gasteiger partial charge in [-0.15, -0.1) is 0 Å². The molecular formula is C10H11F2NO2. The van der Waals surface area contributed by atoms with Gasteiger partial charge in [0.05, 0.1) is 18.4 Å². The molecule has 0 aliphatic heterocycles. The van der Waals surface area contributed by atoms with Gasteiger partial charge in [0, 0.05) is 0 Å². The van der Waals surface area contributed by atoms with Crippen LogP contribution in [0.2, 0.25) is 0 Å². The Bertz CT molecular complexity index is 368. The van der Waals surface area contributed by atoms with Crippen molar-refractivity contribution in [1.29, 1.82) is 0 Å². The summed E-state index contributed by atoms with van der Waals surface area (Å²) in [5, 5.41) is 10.6. The molecule has 0 amide bonds. The van der Waals surface area contributed by atoms with Crippen molar-refractivity contribution in [3.8, 4) is 0 Å². The molecule has 1 aromatic carbocycles. The van der Waals surface area contributed by atoms with Gasteiger partial charge >= 0.3 is 0 Å². The Hall–Kier alpha value is -1.49. The van der Waals surface area contributed by atoms with Gasteiger partial charge < -0.3 is 15.6 Å². The van der Waals surface area contributed by atoms with Gasteiger partial charge in [-0.05, 0) is 24.1 Å². The topological polar surface area (TPSA) is 67.8 Å². The monoisotopic (exact) mass is 215 g/mol. The highest BCUT2D eigenvalue weighted by atomic mass is 19.2. The first-order valence-electron chi connectivity index (χ1n) is 4.48. The maximum absolute atomic E-state index is 12.8. The third kappa shape index (κ3) is 2.99. The summed E-state index contributed by atoms with van der Waals surface area (Å²) in [4.78, 5) is 10.6. The fourth-order valence-electron chi connectivity index (χ4n) is 1.25. The number of benzene rings is 1. The molecular weight excluding hydrogens is 204 g/mol. The van der Waals surface area contributed by atoms with E-state index in [1.165, 1.54) is 6.07 Å². The maximum Gasteiger partial charge on any atom is 0.159 e. The predicted molar refractivity (Wildman–Crippen MR) is 46.3 cm³/mol. The second-order valence-corrected chi connectivity index (χ2v) is 3.26. The number of hydrogen-bond acceptors (Lipinski definition) is 2. The molecule has 3 N–H and O–H groups in total. The van der Waals surface area contributed by atoms with Gasteiger partial charge in [-0.3, -0.25) is 0 Å². The van der Waals surface area contributed by atoms with Crippen LogP contribution in [0.1, 0.15) is 5.56 Å². The Kier molecular flexibility index (Phi) is 3.74. The molecule has 0 aromatic heterocycles. The van der Waals surface area contributed by atoms with Crippen molar-refractivity contribution in [3.05, 3.63) is 35.4 Å². The van der Waals surface area contributed by atoms with Gasteiger partial charge in [-0.1, -0.05) is 6.07 Å². The summed E-state index contributed by atoms with van der Waals surface area (Å²) in [6.45, 7) is 0.154. The third-order valence-electron chi connectivity index (χ3n) is 2.15. The van der Waals surface area contributed by atoms with Crippen LogP contribution in [-0.2, 0) is 11.2 Å². The first kappa shape index (κ1) is 11.6. The van der Waals surface area contributed by atoms with Crippen molar-refractivity contribution in [2.45, 2.75) is 6.42 Å². The summed E-state index contributed by atoms with van der Waals surface area (Å²) in [7, 11) is 0. The molecule has 0 bridgehead atoms. The van der Waals surface area contributed by atoms with Gasteiger partial charge in [0.1, 0.15) is 0 Å². The van der Waals surface area contributed by atoms with Crippen LogP contribution in [0.25, 0.3) is 0 Å². The first-order chi connectivity index (χ1) is 7.04. The average Bonchev–Trinajstić information content (AvgIpc) is 2.19. The van der Waals surface area contributed by atoms with E-state index in [4.69, 9.17) is 0 Å². The van der Waals surface area contributed by atoms with Crippen molar-refractivity contribution >= 4 is 5.97 Å². The minimum atomic E-state index is -1.23. The Labute approximate surface area is 85.5 Å². The highest BCUT2D eigenvalue weighted by Crippen LogP contribution is 2.12. The molecule has 15 heavy (non-hydrogen) atoms. The molecule has 0 spiro atoms. The number of carbonyl (C=O) groups is 1. The highest BCUT2D eigenvalue weighted by molar-refractivity contribution is 5.68. The lowest BCUT2D eigenvalue weighted by Crippen LogP contribution is -2.57. The van der Waals surface area contributed by atoms with E-state index in [-0.39, 0.29) is 13.0 Å². The third-order valence-corrected chi connectivity index (χ3v) is 2.15. The van der Waals surface area contributed by atoms with E-state index in [9.17, 15) is 18.7 Å². The molecule has 0 saturated heterocycles. The van der Waals surface area contributed by atoms with Gasteiger partial charge in [0.2, 0.25) is 0 Å². The molecule has 0 aliphatic rings. The number of carbonyl (C=O) groups excluding carboxylic acids is 1. The van der Waals surface area contributed by atoms with E-state index >= 15 is 0 Å². The lowest BCUT2D eigenvalue weighted by Gasteiger charge is -2.13. The standard InChI is InChI=1S/C10H11F2NO2/c11-8-2-1-6(4-9(8)12)3-7(5-13)10(14)15/h1-2,4,7H,3,5,13H2,(H,14,15)/t7-/m1/s1. The van der Waals surface area contributed by atoms with E-state index < -0.39 is 23.5 Å². The molecule has 3 nitrogen and oxygen atoms in total. The van der Waals surface area contributed by atoms with Crippen molar-refractivity contribution in [1.82, 2.24) is 0 Å². The van der Waals surface area contributed by atoms with Gasteiger partial charge in [0.25, 0.3) is 0 Å². The lowest BCUT2D eigenvalue weighted by molar-refractivity contribution is -0.387. The largest absolute Gasteiger partial charge is 0.550 e. The Morgan fingerprint density at radius 1 is 1.40 bits per heavy atom. The normalized spacial score (nSPS) is 12.5. The maximum atomic E-state index is 12.8. The quantitative estimate of drug-likeness (QED) is 0.708. The van der Waals surface area contributed by atoms with Crippen molar-refractivity contribution in [3.63, 3.8) is 0 Å². The molecule has 0 aliphatic carbocycles. The smallest absolute Gasteiger partial charge is 0.159 e. The van der Waals surface area contributed by atoms with E-state index in [0.29, 0.717) is 5.56 Å². The number of quaternary nitrogens is 1. The minimum Gasteiger partial charge on any atom is -0.550 e. The number of halogens is 2. The summed E-state index contributed by atoms with van der Waals surface area (Å²) >= 11 is 0. The predicted octanol–water partition coefficient (Wildman–Crippen LogP) is -0.885. The Morgan fingerprint density at radius 2 is 2.07 bits per heavy atom. The number of aliphatic carboxylic acids is 1. The molecule has 5 heteroatoms. The van der Waals surface area contributed by atoms with E-state index in [1.54, 1.807) is 0 Å². The summed E-state index contributed by atoms with van der Waals surface area (Å²) in [6, 6.07) is 3.31. The van der Waals surface area contributed by atoms with Crippen LogP contribution in [-0.4, -0.2) is 12.5 Å². The first-order valence-corrected chi connectivity index (χ1v) is 4.48. The van der Waals surface area contributed by atoms with Gasteiger partial charge in [-0.2, -0.15) is 0 Å². The van der Waals surface area contributed by atoms with Crippen molar-refractivity contribution in [2.24, 2.45) is 5.92 Å². The second-order valence-electron chi connectivity index (χ2n) is 3.26. The van der Waals surface area contributed by atoms with E-state index in [2.05, 4.69) is 5.73 Å². The van der Waals surface area contributed by atoms with Gasteiger partial charge in [-0.25, -0.2) is 8.78 Å². The number of rotatable bonds is 4. The molecule has 1 aromatic rings. The van der Waals surface area contributed by atoms with Crippen LogP contribution in [0.15, 0.2) is 18.2 Å². The molecule has 82 valence electrons. The minimum absolute atomic E-state index is 0.100. The van der Waals surface area contributed by atoms with E-state index in [0.717, 1.165) is 12.1 Å². The summed E-state index contributed by atoms with van der Waals surface area (Å²) < 4.78 is 25.3. The zero-order valence-corrected chi connectivity index (χ0v) is 8.00. The average molecular weight is 215 g/mol. The van der Waals surface area contributed by atoms with Crippen molar-refractivity contribution in [2.75, 3.05) is 6.54 Å². The summed E-state index contributed by atoms with van der Waals surface area (Å²) in [5.74, 6) is -3.92. The Balaban J connectivity index is 2.80. The van der Waals surface area contributed by atoms with Crippen LogP contribution >= 0.6 is 0 Å². The lowest BCUT2D eigenvalue weighted by atomic mass is 9.99. The van der Waals surface area contributed by atoms with Crippen LogP contribution in [0.4, 0.5) is 8.78 Å². The number of carboxylic acids is 1. The molecule has 0 radical (unpaired) electrons. The van der Waals surface area contributed by atoms with Crippen molar-refractivity contribution < 1.29 is 24.4 Å². The number of hydrogen-bond donors (Lipinski definition) is 1. The summed E-state index contributed by atoms with van der Waals surface area (Å²) in [5.41, 5.74) is 3.88. The van der Waals surface area contributed by atoms with Crippen LogP contribution < -0.4 is 10.8 Å². The van der Waals surface area contributed by atoms with Crippen LogP contribution in [0, 0.1) is 17.6 Å². The van der Waals surface area contributed by atoms with Gasteiger partial charge in [0.15, 0.2) is 11.6 Å². The Morgan fingerprint density at radius 3 is 2.53 bits per heavy atom.